The number of rotatable bonds is 6. The standard InChI is InChI=1S/C18H17Cl3N2O5S/c19-14-9-16(21)17(10-15(14)20)22-18(24)11-28-12-1-3-13(4-2-12)29(25,26)23-5-7-27-8-6-23/h1-4,9-10H,5-8,11H2,(H,22,24). The predicted octanol–water partition coefficient (Wildman–Crippen LogP) is 3.69. The quantitative estimate of drug-likeness (QED) is 0.639. The molecule has 1 amide bonds. The Balaban J connectivity index is 1.59. The largest absolute Gasteiger partial charge is 0.484 e. The maximum atomic E-state index is 12.6. The lowest BCUT2D eigenvalue weighted by molar-refractivity contribution is -0.118. The SMILES string of the molecule is O=C(COc1ccc(S(=O)(=O)N2CCOCC2)cc1)Nc1cc(Cl)c(Cl)cc1Cl. The highest BCUT2D eigenvalue weighted by Crippen LogP contribution is 2.32. The molecule has 0 spiro atoms. The number of amides is 1. The molecule has 0 bridgehead atoms. The molecule has 0 radical (unpaired) electrons. The number of halogens is 3. The summed E-state index contributed by atoms with van der Waals surface area (Å²) in [5, 5.41) is 3.34. The topological polar surface area (TPSA) is 84.9 Å². The van der Waals surface area contributed by atoms with Gasteiger partial charge in [0.25, 0.3) is 5.91 Å². The molecule has 1 heterocycles. The Morgan fingerprint density at radius 2 is 1.66 bits per heavy atom. The minimum Gasteiger partial charge on any atom is -0.484 e. The Morgan fingerprint density at radius 1 is 1.03 bits per heavy atom. The van der Waals surface area contributed by atoms with Crippen molar-refractivity contribution in [3.63, 3.8) is 0 Å². The summed E-state index contributed by atoms with van der Waals surface area (Å²) in [5.74, 6) is -0.114. The Morgan fingerprint density at radius 3 is 2.31 bits per heavy atom. The first kappa shape index (κ1) is 22.1. The highest BCUT2D eigenvalue weighted by atomic mass is 35.5. The number of carbonyl (C=O) groups is 1. The van der Waals surface area contributed by atoms with E-state index in [4.69, 9.17) is 44.3 Å². The molecule has 2 aromatic carbocycles. The van der Waals surface area contributed by atoms with Gasteiger partial charge >= 0.3 is 0 Å². The van der Waals surface area contributed by atoms with Crippen molar-refractivity contribution in [3.8, 4) is 5.75 Å². The van der Waals surface area contributed by atoms with Crippen LogP contribution in [-0.2, 0) is 19.6 Å². The van der Waals surface area contributed by atoms with Gasteiger partial charge in [-0.15, -0.1) is 0 Å². The van der Waals surface area contributed by atoms with E-state index < -0.39 is 15.9 Å². The average Bonchev–Trinajstić information content (AvgIpc) is 2.71. The molecule has 1 aliphatic heterocycles. The fraction of sp³-hybridized carbons (Fsp3) is 0.278. The number of hydrogen-bond donors (Lipinski definition) is 1. The van der Waals surface area contributed by atoms with E-state index in [1.54, 1.807) is 0 Å². The minimum atomic E-state index is -3.58. The molecule has 1 fully saturated rings. The summed E-state index contributed by atoms with van der Waals surface area (Å²) >= 11 is 17.8. The third-order valence-electron chi connectivity index (χ3n) is 4.09. The highest BCUT2D eigenvalue weighted by Gasteiger charge is 2.26. The smallest absolute Gasteiger partial charge is 0.262 e. The van der Waals surface area contributed by atoms with Crippen molar-refractivity contribution in [2.24, 2.45) is 0 Å². The summed E-state index contributed by atoms with van der Waals surface area (Å²) in [6.45, 7) is 1.08. The Labute approximate surface area is 183 Å². The first-order chi connectivity index (χ1) is 13.8. The summed E-state index contributed by atoms with van der Waals surface area (Å²) in [4.78, 5) is 12.2. The van der Waals surface area contributed by atoms with Crippen LogP contribution in [0.1, 0.15) is 0 Å². The molecule has 0 aliphatic carbocycles. The van der Waals surface area contributed by atoms with Crippen LogP contribution < -0.4 is 10.1 Å². The number of carbonyl (C=O) groups excluding carboxylic acids is 1. The molecule has 0 saturated carbocycles. The molecule has 7 nitrogen and oxygen atoms in total. The van der Waals surface area contributed by atoms with Crippen LogP contribution in [0.3, 0.4) is 0 Å². The van der Waals surface area contributed by atoms with E-state index >= 15 is 0 Å². The highest BCUT2D eigenvalue weighted by molar-refractivity contribution is 7.89. The summed E-state index contributed by atoms with van der Waals surface area (Å²) < 4.78 is 37.1. The second-order valence-corrected chi connectivity index (χ2v) is 9.23. The molecule has 3 rings (SSSR count). The second-order valence-electron chi connectivity index (χ2n) is 6.07. The van der Waals surface area contributed by atoms with E-state index in [1.165, 1.54) is 40.7 Å². The molecule has 0 unspecified atom stereocenters. The van der Waals surface area contributed by atoms with Crippen LogP contribution >= 0.6 is 34.8 Å². The molecule has 0 atom stereocenters. The normalized spacial score (nSPS) is 15.1. The van der Waals surface area contributed by atoms with Gasteiger partial charge in [-0.25, -0.2) is 8.42 Å². The zero-order chi connectivity index (χ0) is 21.0. The Hall–Kier alpha value is -1.55. The third-order valence-corrected chi connectivity index (χ3v) is 7.03. The van der Waals surface area contributed by atoms with Crippen molar-refractivity contribution in [1.29, 1.82) is 0 Å². The van der Waals surface area contributed by atoms with Gasteiger partial charge in [-0.1, -0.05) is 34.8 Å². The van der Waals surface area contributed by atoms with Crippen molar-refractivity contribution in [2.75, 3.05) is 38.2 Å². The van der Waals surface area contributed by atoms with Gasteiger partial charge in [0.15, 0.2) is 6.61 Å². The van der Waals surface area contributed by atoms with Crippen molar-refractivity contribution >= 4 is 56.4 Å². The summed E-state index contributed by atoms with van der Waals surface area (Å²) in [6.07, 6.45) is 0. The third kappa shape index (κ3) is 5.53. The van der Waals surface area contributed by atoms with Crippen molar-refractivity contribution in [1.82, 2.24) is 4.31 Å². The number of nitrogens with zero attached hydrogens (tertiary/aromatic N) is 1. The van der Waals surface area contributed by atoms with E-state index in [0.29, 0.717) is 37.7 Å². The van der Waals surface area contributed by atoms with Crippen molar-refractivity contribution in [2.45, 2.75) is 4.90 Å². The minimum absolute atomic E-state index is 0.152. The van der Waals surface area contributed by atoms with E-state index in [0.717, 1.165) is 0 Å². The Kier molecular flexibility index (Phi) is 7.26. The maximum Gasteiger partial charge on any atom is 0.262 e. The molecule has 29 heavy (non-hydrogen) atoms. The number of ether oxygens (including phenoxy) is 2. The second kappa shape index (κ2) is 9.51. The van der Waals surface area contributed by atoms with Gasteiger partial charge in [-0.05, 0) is 36.4 Å². The van der Waals surface area contributed by atoms with Gasteiger partial charge in [-0.3, -0.25) is 4.79 Å². The number of sulfonamides is 1. The van der Waals surface area contributed by atoms with Gasteiger partial charge < -0.3 is 14.8 Å². The lowest BCUT2D eigenvalue weighted by Gasteiger charge is -2.26. The number of morpholine rings is 1. The first-order valence-corrected chi connectivity index (χ1v) is 11.1. The summed E-state index contributed by atoms with van der Waals surface area (Å²) in [5.41, 5.74) is 0.307. The van der Waals surface area contributed by atoms with Gasteiger partial charge in [0.1, 0.15) is 5.75 Å². The van der Waals surface area contributed by atoms with Crippen LogP contribution in [0, 0.1) is 0 Å². The lowest BCUT2D eigenvalue weighted by atomic mass is 10.3. The van der Waals surface area contributed by atoms with Crippen LogP contribution in [-0.4, -0.2) is 51.5 Å². The molecule has 11 heteroatoms. The zero-order valence-corrected chi connectivity index (χ0v) is 18.1. The molecule has 2 aromatic rings. The fourth-order valence-corrected chi connectivity index (χ4v) is 4.60. The number of hydrogen-bond acceptors (Lipinski definition) is 5. The average molecular weight is 480 g/mol. The lowest BCUT2D eigenvalue weighted by Crippen LogP contribution is -2.40. The predicted molar refractivity (Wildman–Crippen MR) is 112 cm³/mol. The molecular weight excluding hydrogens is 463 g/mol. The summed E-state index contributed by atoms with van der Waals surface area (Å²) in [7, 11) is -3.58. The molecule has 156 valence electrons. The zero-order valence-electron chi connectivity index (χ0n) is 15.0. The number of anilines is 1. The number of benzene rings is 2. The van der Waals surface area contributed by atoms with Crippen LogP contribution in [0.4, 0.5) is 5.69 Å². The van der Waals surface area contributed by atoms with Crippen LogP contribution in [0.2, 0.25) is 15.1 Å². The van der Waals surface area contributed by atoms with Crippen molar-refractivity contribution < 1.29 is 22.7 Å². The van der Waals surface area contributed by atoms with Gasteiger partial charge in [-0.2, -0.15) is 4.31 Å². The van der Waals surface area contributed by atoms with E-state index in [1.807, 2.05) is 0 Å². The summed E-state index contributed by atoms with van der Waals surface area (Å²) in [6, 6.07) is 8.73. The van der Waals surface area contributed by atoms with E-state index in [2.05, 4.69) is 5.32 Å². The van der Waals surface area contributed by atoms with Crippen LogP contribution in [0.5, 0.6) is 5.75 Å². The first-order valence-electron chi connectivity index (χ1n) is 8.52. The number of nitrogens with one attached hydrogen (secondary N) is 1. The van der Waals surface area contributed by atoms with E-state index in [9.17, 15) is 13.2 Å². The Bertz CT molecular complexity index is 993. The van der Waals surface area contributed by atoms with Crippen LogP contribution in [0.15, 0.2) is 41.3 Å². The molecular formula is C18H17Cl3N2O5S. The molecule has 1 N–H and O–H groups in total. The van der Waals surface area contributed by atoms with Crippen LogP contribution in [0.25, 0.3) is 0 Å². The van der Waals surface area contributed by atoms with E-state index in [-0.39, 0.29) is 26.6 Å². The maximum absolute atomic E-state index is 12.6. The van der Waals surface area contributed by atoms with Gasteiger partial charge in [0.05, 0.1) is 38.9 Å². The molecule has 1 aliphatic rings. The van der Waals surface area contributed by atoms with Gasteiger partial charge in [0.2, 0.25) is 10.0 Å². The fourth-order valence-electron chi connectivity index (χ4n) is 2.60. The monoisotopic (exact) mass is 478 g/mol. The van der Waals surface area contributed by atoms with Crippen molar-refractivity contribution in [3.05, 3.63) is 51.5 Å². The molecule has 1 saturated heterocycles. The van der Waals surface area contributed by atoms with Gasteiger partial charge in [0, 0.05) is 13.1 Å². The molecule has 0 aromatic heterocycles.